The fourth-order valence-corrected chi connectivity index (χ4v) is 4.99. The first-order valence-electron chi connectivity index (χ1n) is 14.2. The Labute approximate surface area is 239 Å². The van der Waals surface area contributed by atoms with Gasteiger partial charge in [-0.25, -0.2) is 0 Å². The largest absolute Gasteiger partial charge is 0.662 e. The summed E-state index contributed by atoms with van der Waals surface area (Å²) in [7, 11) is 0. The number of nitrogens with zero attached hydrogens (tertiary/aromatic N) is 1. The number of rotatable bonds is 17. The maximum atomic E-state index is 10.5. The number of aliphatic hydroxyl groups excluding tert-OH is 1. The van der Waals surface area contributed by atoms with E-state index in [2.05, 4.69) is 53.8 Å². The van der Waals surface area contributed by atoms with Crippen LogP contribution < -0.4 is 4.74 Å². The summed E-state index contributed by atoms with van der Waals surface area (Å²) < 4.78 is 6.03. The van der Waals surface area contributed by atoms with Crippen LogP contribution >= 0.6 is 0 Å². The molecule has 1 aromatic heterocycles. The maximum absolute atomic E-state index is 10.5. The number of nitrogens with one attached hydrogen (secondary N) is 1. The summed E-state index contributed by atoms with van der Waals surface area (Å²) in [6.45, 7) is 4.13. The smallest absolute Gasteiger partial charge is 0.197 e. The Bertz CT molecular complexity index is 886. The molecule has 1 aliphatic heterocycles. The second-order valence-corrected chi connectivity index (χ2v) is 9.96. The minimum Gasteiger partial charge on any atom is -0.662 e. The standard InChI is InChI=1S/C31H47N2O2.Cd/c1-2-3-4-5-6-7-8-9-10-11-12-13-14-15-16-20-30(34)35-29-19-17-18-28-31(29)27(25-33-28)26-21-23-32-24-22-26;/h6-7,9-10,17-19,25-26,30,33-34H,2-5,8,11-16,20-24H2,1H3;/q-1;/b7-6-,10-9-;. The van der Waals surface area contributed by atoms with Crippen molar-refractivity contribution in [2.24, 2.45) is 0 Å². The Morgan fingerprint density at radius 1 is 0.972 bits per heavy atom. The molecule has 1 aromatic carbocycles. The minimum atomic E-state index is -0.748. The van der Waals surface area contributed by atoms with Gasteiger partial charge in [0.2, 0.25) is 0 Å². The van der Waals surface area contributed by atoms with E-state index in [0.717, 1.165) is 61.8 Å². The summed E-state index contributed by atoms with van der Waals surface area (Å²) in [6.07, 6.45) is 26.8. The Hall–Kier alpha value is -1.12. The number of aliphatic hydroxyl groups is 1. The molecule has 1 unspecified atom stereocenters. The molecule has 2 heterocycles. The predicted molar refractivity (Wildman–Crippen MR) is 149 cm³/mol. The first-order chi connectivity index (χ1) is 17.3. The third-order valence-corrected chi connectivity index (χ3v) is 7.07. The van der Waals surface area contributed by atoms with Gasteiger partial charge in [-0.15, -0.1) is 13.1 Å². The average molecular weight is 592 g/mol. The Balaban J connectivity index is 0.00000456. The van der Waals surface area contributed by atoms with Crippen molar-refractivity contribution in [1.29, 1.82) is 0 Å². The number of aromatic nitrogens is 1. The van der Waals surface area contributed by atoms with Crippen molar-refractivity contribution in [3.8, 4) is 5.75 Å². The van der Waals surface area contributed by atoms with Crippen LogP contribution in [0.25, 0.3) is 16.2 Å². The average Bonchev–Trinajstić information content (AvgIpc) is 3.32. The molecule has 2 N–H and O–H groups in total. The van der Waals surface area contributed by atoms with Crippen LogP contribution in [0.1, 0.15) is 108 Å². The van der Waals surface area contributed by atoms with Gasteiger partial charge < -0.3 is 20.1 Å². The third kappa shape index (κ3) is 11.1. The number of H-pyrrole nitrogens is 1. The first kappa shape index (κ1) is 31.1. The Morgan fingerprint density at radius 2 is 1.67 bits per heavy atom. The molecule has 0 amide bonds. The summed E-state index contributed by atoms with van der Waals surface area (Å²) in [5.41, 5.74) is 2.40. The number of hydrogen-bond donors (Lipinski definition) is 2. The summed E-state index contributed by atoms with van der Waals surface area (Å²) in [6, 6.07) is 6.08. The van der Waals surface area contributed by atoms with E-state index in [9.17, 15) is 5.11 Å². The summed E-state index contributed by atoms with van der Waals surface area (Å²) in [5, 5.41) is 16.2. The van der Waals surface area contributed by atoms with Gasteiger partial charge in [-0.1, -0.05) is 82.2 Å². The normalized spacial score (nSPS) is 15.6. The van der Waals surface area contributed by atoms with Gasteiger partial charge in [0, 0.05) is 50.8 Å². The zero-order valence-corrected chi connectivity index (χ0v) is 26.6. The van der Waals surface area contributed by atoms with E-state index in [-0.39, 0.29) is 27.3 Å². The molecular weight excluding hydrogens is 545 g/mol. The van der Waals surface area contributed by atoms with Gasteiger partial charge in [-0.2, -0.15) is 0 Å². The Morgan fingerprint density at radius 3 is 2.42 bits per heavy atom. The number of fused-ring (bicyclic) bond motifs is 1. The van der Waals surface area contributed by atoms with Crippen LogP contribution in [0.3, 0.4) is 0 Å². The van der Waals surface area contributed by atoms with E-state index < -0.39 is 6.29 Å². The monoisotopic (exact) mass is 593 g/mol. The van der Waals surface area contributed by atoms with Crippen LogP contribution in [0.5, 0.6) is 5.75 Å². The van der Waals surface area contributed by atoms with Crippen molar-refractivity contribution in [3.05, 3.63) is 59.6 Å². The number of aromatic amines is 1. The second kappa shape index (κ2) is 19.0. The molecule has 0 bridgehead atoms. The van der Waals surface area contributed by atoms with Crippen molar-refractivity contribution >= 4 is 10.9 Å². The summed E-state index contributed by atoms with van der Waals surface area (Å²) in [4.78, 5) is 3.40. The Kier molecular flexibility index (Phi) is 16.4. The number of allylic oxidation sites excluding steroid dienone is 4. The van der Waals surface area contributed by atoms with Gasteiger partial charge in [0.05, 0.1) is 0 Å². The first-order valence-corrected chi connectivity index (χ1v) is 14.2. The topological polar surface area (TPSA) is 59.4 Å². The van der Waals surface area contributed by atoms with Gasteiger partial charge in [0.25, 0.3) is 0 Å². The van der Waals surface area contributed by atoms with Crippen LogP contribution in [-0.4, -0.2) is 29.5 Å². The van der Waals surface area contributed by atoms with E-state index in [4.69, 9.17) is 4.74 Å². The molecule has 1 aliphatic rings. The fourth-order valence-electron chi connectivity index (χ4n) is 4.99. The van der Waals surface area contributed by atoms with Crippen molar-refractivity contribution in [2.75, 3.05) is 13.1 Å². The predicted octanol–water partition coefficient (Wildman–Crippen LogP) is 8.93. The zero-order valence-electron chi connectivity index (χ0n) is 22.6. The molecule has 4 nitrogen and oxygen atoms in total. The van der Waals surface area contributed by atoms with Gasteiger partial charge in [-0.3, -0.25) is 0 Å². The molecule has 196 valence electrons. The molecule has 0 spiro atoms. The molecule has 1 atom stereocenters. The van der Waals surface area contributed by atoms with Gasteiger partial charge in [0.1, 0.15) is 5.75 Å². The molecule has 1 saturated heterocycles. The molecule has 2 aromatic rings. The number of hydrogen-bond acceptors (Lipinski definition) is 2. The van der Waals surface area contributed by atoms with Crippen molar-refractivity contribution in [1.82, 2.24) is 4.98 Å². The number of unbranched alkanes of at least 4 members (excludes halogenated alkanes) is 8. The van der Waals surface area contributed by atoms with E-state index in [1.165, 1.54) is 56.9 Å². The fraction of sp³-hybridized carbons (Fsp3) is 0.613. The van der Waals surface area contributed by atoms with E-state index >= 15 is 0 Å². The summed E-state index contributed by atoms with van der Waals surface area (Å²) in [5.74, 6) is 1.32. The van der Waals surface area contributed by atoms with Crippen LogP contribution in [0.4, 0.5) is 0 Å². The van der Waals surface area contributed by atoms with Gasteiger partial charge >= 0.3 is 0 Å². The molecule has 1 fully saturated rings. The zero-order chi connectivity index (χ0) is 24.6. The number of piperidine rings is 1. The van der Waals surface area contributed by atoms with Crippen molar-refractivity contribution in [3.63, 3.8) is 0 Å². The molecule has 0 aliphatic carbocycles. The SMILES string of the molecule is CCCCC/C=C\C/C=C\CCCCCCCC(O)Oc1cccc2[nH]cc(C3CC[N-]CC3)c12.[Cd]. The molecule has 0 saturated carbocycles. The number of benzene rings is 1. The van der Waals surface area contributed by atoms with Gasteiger partial charge in [0.15, 0.2) is 6.29 Å². The minimum absolute atomic E-state index is 0. The van der Waals surface area contributed by atoms with Crippen LogP contribution in [0.2, 0.25) is 0 Å². The van der Waals surface area contributed by atoms with E-state index in [1.807, 2.05) is 12.1 Å². The summed E-state index contributed by atoms with van der Waals surface area (Å²) >= 11 is 0. The molecule has 5 heteroatoms. The number of ether oxygens (including phenoxy) is 1. The van der Waals surface area contributed by atoms with Crippen molar-refractivity contribution < 1.29 is 37.1 Å². The maximum Gasteiger partial charge on any atom is 0.197 e. The quantitative estimate of drug-likeness (QED) is 0.0835. The van der Waals surface area contributed by atoms with Crippen LogP contribution in [-0.2, 0) is 27.3 Å². The van der Waals surface area contributed by atoms with Crippen molar-refractivity contribution in [2.45, 2.75) is 109 Å². The van der Waals surface area contributed by atoms with Crippen LogP contribution in [0, 0.1) is 0 Å². The van der Waals surface area contributed by atoms with E-state index in [0.29, 0.717) is 12.3 Å². The molecule has 3 rings (SSSR count). The third-order valence-electron chi connectivity index (χ3n) is 7.07. The molecule has 36 heavy (non-hydrogen) atoms. The second-order valence-electron chi connectivity index (χ2n) is 9.96. The molecular formula is C31H47CdN2O2-. The van der Waals surface area contributed by atoms with E-state index in [1.54, 1.807) is 0 Å². The molecule has 0 radical (unpaired) electrons. The van der Waals surface area contributed by atoms with Gasteiger partial charge in [-0.05, 0) is 62.1 Å². The van der Waals surface area contributed by atoms with Crippen LogP contribution in [0.15, 0.2) is 48.7 Å².